The number of nitrogens with zero attached hydrogens (tertiary/aromatic N) is 6. The van der Waals surface area contributed by atoms with Crippen LogP contribution in [0.3, 0.4) is 0 Å². The van der Waals surface area contributed by atoms with Crippen LogP contribution in [-0.4, -0.2) is 35.4 Å². The molecule has 144 valence electrons. The fourth-order valence-corrected chi connectivity index (χ4v) is 4.47. The first-order chi connectivity index (χ1) is 14.0. The molecule has 0 saturated heterocycles. The number of hydrogen-bond acceptors (Lipinski definition) is 7. The first-order valence-corrected chi connectivity index (χ1v) is 11.0. The van der Waals surface area contributed by atoms with Crippen LogP contribution in [-0.2, 0) is 0 Å². The number of aromatic nitrogens is 6. The van der Waals surface area contributed by atoms with E-state index >= 15 is 0 Å². The Hall–Kier alpha value is -3.04. The van der Waals surface area contributed by atoms with Gasteiger partial charge in [0, 0.05) is 12.4 Å². The van der Waals surface area contributed by atoms with Crippen LogP contribution in [0, 0.1) is 13.8 Å². The van der Waals surface area contributed by atoms with Crippen LogP contribution in [0.25, 0.3) is 32.3 Å². The van der Waals surface area contributed by atoms with Crippen LogP contribution in [0.5, 0.6) is 0 Å². The molecule has 0 aliphatic carbocycles. The third-order valence-corrected chi connectivity index (χ3v) is 6.30. The minimum atomic E-state index is -0.166. The summed E-state index contributed by atoms with van der Waals surface area (Å²) in [6.07, 6.45) is 5.45. The normalized spacial score (nSPS) is 11.6. The van der Waals surface area contributed by atoms with Gasteiger partial charge in [-0.3, -0.25) is 9.36 Å². The third kappa shape index (κ3) is 2.93. The van der Waals surface area contributed by atoms with Gasteiger partial charge >= 0.3 is 0 Å². The minimum absolute atomic E-state index is 0.166. The number of benzene rings is 1. The SMILES string of the molecule is CSc1nc2nc(C)c3c(=O)n(-c4ncc(-c5ccc(C)cc5)s4)ccc3n2n1. The van der Waals surface area contributed by atoms with Crippen LogP contribution < -0.4 is 5.56 Å². The molecule has 29 heavy (non-hydrogen) atoms. The lowest BCUT2D eigenvalue weighted by atomic mass is 10.1. The molecule has 0 N–H and O–H groups in total. The fourth-order valence-electron chi connectivity index (χ4n) is 3.23. The number of thioether (sulfide) groups is 1. The summed E-state index contributed by atoms with van der Waals surface area (Å²) < 4.78 is 3.19. The first-order valence-electron chi connectivity index (χ1n) is 8.91. The molecule has 7 nitrogen and oxygen atoms in total. The van der Waals surface area contributed by atoms with Gasteiger partial charge in [-0.1, -0.05) is 52.9 Å². The maximum absolute atomic E-state index is 13.3. The van der Waals surface area contributed by atoms with Crippen molar-refractivity contribution < 1.29 is 0 Å². The maximum Gasteiger partial charge on any atom is 0.268 e. The summed E-state index contributed by atoms with van der Waals surface area (Å²) in [6.45, 7) is 3.88. The fraction of sp³-hybridized carbons (Fsp3) is 0.150. The molecule has 0 bridgehead atoms. The van der Waals surface area contributed by atoms with Crippen LogP contribution in [0.4, 0.5) is 0 Å². The molecule has 4 heterocycles. The van der Waals surface area contributed by atoms with E-state index in [1.54, 1.807) is 21.5 Å². The van der Waals surface area contributed by atoms with Crippen molar-refractivity contribution in [3.8, 4) is 15.6 Å². The zero-order valence-corrected chi connectivity index (χ0v) is 17.6. The second-order valence-electron chi connectivity index (χ2n) is 6.63. The predicted octanol–water partition coefficient (Wildman–Crippen LogP) is 3.89. The second-order valence-corrected chi connectivity index (χ2v) is 8.41. The van der Waals surface area contributed by atoms with E-state index in [1.807, 2.05) is 19.2 Å². The molecule has 5 aromatic rings. The van der Waals surface area contributed by atoms with Gasteiger partial charge in [-0.2, -0.15) is 9.50 Å². The molecule has 1 aromatic carbocycles. The van der Waals surface area contributed by atoms with Gasteiger partial charge in [-0.05, 0) is 31.7 Å². The maximum atomic E-state index is 13.3. The van der Waals surface area contributed by atoms with Gasteiger partial charge < -0.3 is 0 Å². The standard InChI is InChI=1S/C20H16N6OS2/c1-11-4-6-13(7-5-11)15-10-21-20(29-15)25-9-8-14-16(17(25)27)12(2)22-18-23-19(28-3)24-26(14)18/h4-10H,1-3H3. The van der Waals surface area contributed by atoms with Gasteiger partial charge in [0.15, 0.2) is 5.13 Å². The number of fused-ring (bicyclic) bond motifs is 3. The van der Waals surface area contributed by atoms with Gasteiger partial charge in [0.25, 0.3) is 11.3 Å². The monoisotopic (exact) mass is 420 g/mol. The summed E-state index contributed by atoms with van der Waals surface area (Å²) in [5.41, 5.74) is 3.44. The van der Waals surface area contributed by atoms with E-state index in [9.17, 15) is 4.79 Å². The van der Waals surface area contributed by atoms with Crippen LogP contribution in [0.1, 0.15) is 11.3 Å². The zero-order valence-electron chi connectivity index (χ0n) is 15.9. The van der Waals surface area contributed by atoms with E-state index in [-0.39, 0.29) is 5.56 Å². The molecular weight excluding hydrogens is 404 g/mol. The number of hydrogen-bond donors (Lipinski definition) is 0. The molecule has 0 radical (unpaired) electrons. The number of thiazole rings is 1. The first kappa shape index (κ1) is 18.0. The average Bonchev–Trinajstić information content (AvgIpc) is 3.35. The smallest absolute Gasteiger partial charge is 0.268 e. The lowest BCUT2D eigenvalue weighted by Crippen LogP contribution is -2.20. The summed E-state index contributed by atoms with van der Waals surface area (Å²) in [5, 5.41) is 6.20. The Bertz CT molecular complexity index is 1430. The Morgan fingerprint density at radius 2 is 1.86 bits per heavy atom. The average molecular weight is 421 g/mol. The Balaban J connectivity index is 1.67. The topological polar surface area (TPSA) is 78.0 Å². The molecule has 4 aromatic heterocycles. The van der Waals surface area contributed by atoms with Crippen molar-refractivity contribution >= 4 is 39.8 Å². The highest BCUT2D eigenvalue weighted by molar-refractivity contribution is 7.98. The second kappa shape index (κ2) is 6.78. The van der Waals surface area contributed by atoms with E-state index in [0.717, 1.165) is 10.4 Å². The van der Waals surface area contributed by atoms with Crippen molar-refractivity contribution in [3.63, 3.8) is 0 Å². The highest BCUT2D eigenvalue weighted by atomic mass is 32.2. The Labute approximate surface area is 174 Å². The molecule has 0 aliphatic heterocycles. The van der Waals surface area contributed by atoms with E-state index in [2.05, 4.69) is 51.2 Å². The Morgan fingerprint density at radius 1 is 1.07 bits per heavy atom. The molecule has 0 spiro atoms. The highest BCUT2D eigenvalue weighted by Crippen LogP contribution is 2.28. The molecule has 0 saturated carbocycles. The number of pyridine rings is 1. The lowest BCUT2D eigenvalue weighted by Gasteiger charge is -2.06. The summed E-state index contributed by atoms with van der Waals surface area (Å²) >= 11 is 2.92. The Kier molecular flexibility index (Phi) is 4.21. The van der Waals surface area contributed by atoms with Crippen LogP contribution >= 0.6 is 23.1 Å². The van der Waals surface area contributed by atoms with Crippen molar-refractivity contribution in [3.05, 3.63) is 64.3 Å². The van der Waals surface area contributed by atoms with Crippen LogP contribution in [0.15, 0.2) is 52.7 Å². The summed E-state index contributed by atoms with van der Waals surface area (Å²) in [5.74, 6) is 0.493. The van der Waals surface area contributed by atoms with Crippen molar-refractivity contribution in [2.45, 2.75) is 19.0 Å². The van der Waals surface area contributed by atoms with E-state index in [1.165, 1.54) is 28.7 Å². The molecule has 0 fully saturated rings. The summed E-state index contributed by atoms with van der Waals surface area (Å²) in [6, 6.07) is 10.1. The van der Waals surface area contributed by atoms with E-state index in [0.29, 0.717) is 32.7 Å². The molecule has 0 unspecified atom stereocenters. The lowest BCUT2D eigenvalue weighted by molar-refractivity contribution is 0.900. The highest BCUT2D eigenvalue weighted by Gasteiger charge is 2.16. The molecule has 0 aliphatic rings. The van der Waals surface area contributed by atoms with E-state index in [4.69, 9.17) is 0 Å². The predicted molar refractivity (Wildman–Crippen MR) is 116 cm³/mol. The molecule has 5 rings (SSSR count). The Morgan fingerprint density at radius 3 is 2.62 bits per heavy atom. The van der Waals surface area contributed by atoms with Gasteiger partial charge in [0.2, 0.25) is 5.16 Å². The molecule has 9 heteroatoms. The van der Waals surface area contributed by atoms with Gasteiger partial charge in [-0.15, -0.1) is 5.10 Å². The van der Waals surface area contributed by atoms with Gasteiger partial charge in [-0.25, -0.2) is 9.97 Å². The molecular formula is C20H16N6OS2. The third-order valence-electron chi connectivity index (χ3n) is 4.72. The van der Waals surface area contributed by atoms with Crippen molar-refractivity contribution in [1.82, 2.24) is 29.1 Å². The summed E-state index contributed by atoms with van der Waals surface area (Å²) in [4.78, 5) is 27.6. The molecule has 0 amide bonds. The number of aryl methyl sites for hydroxylation is 2. The largest absolute Gasteiger partial charge is 0.268 e. The van der Waals surface area contributed by atoms with Crippen molar-refractivity contribution in [2.75, 3.05) is 6.26 Å². The van der Waals surface area contributed by atoms with Crippen molar-refractivity contribution in [1.29, 1.82) is 0 Å². The van der Waals surface area contributed by atoms with Gasteiger partial charge in [0.05, 0.1) is 21.5 Å². The molecule has 0 atom stereocenters. The summed E-state index contributed by atoms with van der Waals surface area (Å²) in [7, 11) is 0. The quantitative estimate of drug-likeness (QED) is 0.412. The zero-order chi connectivity index (χ0) is 20.1. The van der Waals surface area contributed by atoms with E-state index < -0.39 is 0 Å². The minimum Gasteiger partial charge on any atom is -0.268 e. The van der Waals surface area contributed by atoms with Crippen molar-refractivity contribution in [2.24, 2.45) is 0 Å². The number of rotatable bonds is 3. The van der Waals surface area contributed by atoms with Crippen LogP contribution in [0.2, 0.25) is 0 Å². The van der Waals surface area contributed by atoms with Gasteiger partial charge in [0.1, 0.15) is 0 Å².